The molecule has 0 aliphatic rings. The lowest BCUT2D eigenvalue weighted by Crippen LogP contribution is -2.17. The van der Waals surface area contributed by atoms with Crippen molar-refractivity contribution in [3.8, 4) is 0 Å². The van der Waals surface area contributed by atoms with Crippen LogP contribution in [0.4, 0.5) is 4.39 Å². The Bertz CT molecular complexity index is 368. The van der Waals surface area contributed by atoms with Crippen LogP contribution in [0.3, 0.4) is 0 Å². The molecular formula is C13H17FO2S. The number of thioether (sulfide) groups is 1. The fourth-order valence-corrected chi connectivity index (χ4v) is 2.17. The molecule has 94 valence electrons. The minimum absolute atomic E-state index is 0.274. The van der Waals surface area contributed by atoms with Gasteiger partial charge in [-0.2, -0.15) is 11.8 Å². The molecule has 1 aromatic rings. The number of benzene rings is 1. The average Bonchev–Trinajstić information content (AvgIpc) is 2.30. The van der Waals surface area contributed by atoms with E-state index in [1.165, 1.54) is 6.07 Å². The second-order valence-corrected chi connectivity index (χ2v) is 4.95. The molecule has 0 saturated carbocycles. The Morgan fingerprint density at radius 3 is 2.76 bits per heavy atom. The van der Waals surface area contributed by atoms with Gasteiger partial charge in [0.1, 0.15) is 5.82 Å². The van der Waals surface area contributed by atoms with Gasteiger partial charge >= 0.3 is 5.97 Å². The summed E-state index contributed by atoms with van der Waals surface area (Å²) in [5.41, 5.74) is 0.490. The lowest BCUT2D eigenvalue weighted by molar-refractivity contribution is -0.141. The van der Waals surface area contributed by atoms with Gasteiger partial charge < -0.3 is 5.11 Å². The van der Waals surface area contributed by atoms with E-state index in [9.17, 15) is 9.18 Å². The molecule has 0 spiro atoms. The molecule has 1 unspecified atom stereocenters. The molecule has 1 N–H and O–H groups in total. The number of halogens is 1. The summed E-state index contributed by atoms with van der Waals surface area (Å²) in [5.74, 6) is -0.696. The number of hydrogen-bond donors (Lipinski definition) is 1. The van der Waals surface area contributed by atoms with E-state index in [-0.39, 0.29) is 12.2 Å². The smallest absolute Gasteiger partial charge is 0.306 e. The van der Waals surface area contributed by atoms with Crippen molar-refractivity contribution >= 4 is 17.7 Å². The molecule has 1 aromatic carbocycles. The highest BCUT2D eigenvalue weighted by Gasteiger charge is 2.18. The van der Waals surface area contributed by atoms with E-state index in [1.54, 1.807) is 30.0 Å². The predicted octanol–water partition coefficient (Wildman–Crippen LogP) is 3.21. The highest BCUT2D eigenvalue weighted by molar-refractivity contribution is 7.98. The molecule has 0 heterocycles. The number of carboxylic acid groups (broad SMARTS) is 1. The summed E-state index contributed by atoms with van der Waals surface area (Å²) in [4.78, 5) is 11.1. The normalized spacial score (nSPS) is 12.4. The van der Waals surface area contributed by atoms with E-state index in [4.69, 9.17) is 5.11 Å². The zero-order chi connectivity index (χ0) is 12.7. The molecule has 0 saturated heterocycles. The van der Waals surface area contributed by atoms with Crippen molar-refractivity contribution in [2.24, 2.45) is 5.92 Å². The Hall–Kier alpha value is -1.03. The van der Waals surface area contributed by atoms with E-state index < -0.39 is 11.9 Å². The Morgan fingerprint density at radius 1 is 1.47 bits per heavy atom. The first-order chi connectivity index (χ1) is 8.15. The van der Waals surface area contributed by atoms with Gasteiger partial charge in [-0.25, -0.2) is 4.39 Å². The largest absolute Gasteiger partial charge is 0.481 e. The van der Waals surface area contributed by atoms with Gasteiger partial charge in [0.15, 0.2) is 0 Å². The molecule has 0 aliphatic heterocycles. The number of hydrogen-bond acceptors (Lipinski definition) is 2. The zero-order valence-electron chi connectivity index (χ0n) is 9.86. The van der Waals surface area contributed by atoms with Gasteiger partial charge in [-0.05, 0) is 42.9 Å². The van der Waals surface area contributed by atoms with E-state index in [1.807, 2.05) is 6.26 Å². The lowest BCUT2D eigenvalue weighted by atomic mass is 9.95. The Balaban J connectivity index is 2.61. The van der Waals surface area contributed by atoms with Crippen LogP contribution in [-0.4, -0.2) is 23.1 Å². The Kier molecular flexibility index (Phi) is 6.05. The van der Waals surface area contributed by atoms with Crippen LogP contribution in [0, 0.1) is 11.7 Å². The second kappa shape index (κ2) is 7.33. The van der Waals surface area contributed by atoms with Gasteiger partial charge in [-0.3, -0.25) is 4.79 Å². The van der Waals surface area contributed by atoms with Crippen molar-refractivity contribution in [2.45, 2.75) is 19.3 Å². The van der Waals surface area contributed by atoms with Crippen LogP contribution < -0.4 is 0 Å². The first kappa shape index (κ1) is 14.0. The second-order valence-electron chi connectivity index (χ2n) is 3.97. The number of aliphatic carboxylic acids is 1. The minimum Gasteiger partial charge on any atom is -0.481 e. The fraction of sp³-hybridized carbons (Fsp3) is 0.462. The molecule has 0 bridgehead atoms. The summed E-state index contributed by atoms with van der Waals surface area (Å²) in [6, 6.07) is 6.37. The SMILES string of the molecule is CSCCCC(Cc1ccccc1F)C(=O)O. The van der Waals surface area contributed by atoms with Crippen LogP contribution in [0.15, 0.2) is 24.3 Å². The van der Waals surface area contributed by atoms with Crippen LogP contribution in [0.25, 0.3) is 0 Å². The number of carbonyl (C=O) groups is 1. The maximum atomic E-state index is 13.4. The molecule has 0 fully saturated rings. The molecule has 0 amide bonds. The Labute approximate surface area is 105 Å². The van der Waals surface area contributed by atoms with Crippen molar-refractivity contribution in [1.82, 2.24) is 0 Å². The van der Waals surface area contributed by atoms with Gasteiger partial charge in [0.25, 0.3) is 0 Å². The summed E-state index contributed by atoms with van der Waals surface area (Å²) in [6.07, 6.45) is 3.72. The standard InChI is InChI=1S/C13H17FO2S/c1-17-8-4-6-11(13(15)16)9-10-5-2-3-7-12(10)14/h2-3,5,7,11H,4,6,8-9H2,1H3,(H,15,16). The third-order valence-electron chi connectivity index (χ3n) is 2.67. The molecule has 4 heteroatoms. The van der Waals surface area contributed by atoms with Crippen molar-refractivity contribution in [3.05, 3.63) is 35.6 Å². The van der Waals surface area contributed by atoms with Gasteiger partial charge in [0, 0.05) is 0 Å². The summed E-state index contributed by atoms with van der Waals surface area (Å²) < 4.78 is 13.4. The first-order valence-electron chi connectivity index (χ1n) is 5.60. The molecule has 0 radical (unpaired) electrons. The van der Waals surface area contributed by atoms with Crippen molar-refractivity contribution in [3.63, 3.8) is 0 Å². The number of rotatable bonds is 7. The lowest BCUT2D eigenvalue weighted by Gasteiger charge is -2.12. The van der Waals surface area contributed by atoms with E-state index in [0.717, 1.165) is 12.2 Å². The van der Waals surface area contributed by atoms with Crippen molar-refractivity contribution < 1.29 is 14.3 Å². The average molecular weight is 256 g/mol. The monoisotopic (exact) mass is 256 g/mol. The quantitative estimate of drug-likeness (QED) is 0.761. The molecule has 2 nitrogen and oxygen atoms in total. The predicted molar refractivity (Wildman–Crippen MR) is 68.8 cm³/mol. The van der Waals surface area contributed by atoms with Crippen LogP contribution in [0.1, 0.15) is 18.4 Å². The van der Waals surface area contributed by atoms with E-state index in [0.29, 0.717) is 12.0 Å². The summed E-state index contributed by atoms with van der Waals surface area (Å²) in [6.45, 7) is 0. The van der Waals surface area contributed by atoms with Gasteiger partial charge in [0.2, 0.25) is 0 Å². The molecule has 0 aromatic heterocycles. The van der Waals surface area contributed by atoms with Gasteiger partial charge in [-0.1, -0.05) is 18.2 Å². The van der Waals surface area contributed by atoms with Crippen LogP contribution in [0.2, 0.25) is 0 Å². The molecule has 1 atom stereocenters. The van der Waals surface area contributed by atoms with Crippen LogP contribution in [0.5, 0.6) is 0 Å². The summed E-state index contributed by atoms with van der Waals surface area (Å²) in [5, 5.41) is 9.10. The molecule has 0 aliphatic carbocycles. The van der Waals surface area contributed by atoms with Crippen molar-refractivity contribution in [2.75, 3.05) is 12.0 Å². The number of carboxylic acids is 1. The van der Waals surface area contributed by atoms with Gasteiger partial charge in [0.05, 0.1) is 5.92 Å². The maximum absolute atomic E-state index is 13.4. The van der Waals surface area contributed by atoms with Crippen LogP contribution in [-0.2, 0) is 11.2 Å². The first-order valence-corrected chi connectivity index (χ1v) is 6.99. The topological polar surface area (TPSA) is 37.3 Å². The highest BCUT2D eigenvalue weighted by Crippen LogP contribution is 2.18. The third kappa shape index (κ3) is 4.77. The van der Waals surface area contributed by atoms with E-state index >= 15 is 0 Å². The molecular weight excluding hydrogens is 239 g/mol. The Morgan fingerprint density at radius 2 is 2.18 bits per heavy atom. The summed E-state index contributed by atoms with van der Waals surface area (Å²) >= 11 is 1.70. The van der Waals surface area contributed by atoms with Gasteiger partial charge in [-0.15, -0.1) is 0 Å². The molecule has 17 heavy (non-hydrogen) atoms. The highest BCUT2D eigenvalue weighted by atomic mass is 32.2. The third-order valence-corrected chi connectivity index (χ3v) is 3.37. The van der Waals surface area contributed by atoms with Crippen LogP contribution >= 0.6 is 11.8 Å². The van der Waals surface area contributed by atoms with Crippen molar-refractivity contribution in [1.29, 1.82) is 0 Å². The summed E-state index contributed by atoms with van der Waals surface area (Å²) in [7, 11) is 0. The zero-order valence-corrected chi connectivity index (χ0v) is 10.7. The maximum Gasteiger partial charge on any atom is 0.306 e. The minimum atomic E-state index is -0.839. The fourth-order valence-electron chi connectivity index (χ4n) is 1.72. The molecule has 1 rings (SSSR count). The van der Waals surface area contributed by atoms with E-state index in [2.05, 4.69) is 0 Å².